The number of ether oxygens (including phenoxy) is 3. The third-order valence-corrected chi connectivity index (χ3v) is 3.84. The van der Waals surface area contributed by atoms with E-state index in [1.54, 1.807) is 27.4 Å². The van der Waals surface area contributed by atoms with Crippen molar-refractivity contribution >= 4 is 11.6 Å². The number of hydrogen-bond acceptors (Lipinski definition) is 4. The third-order valence-electron chi connectivity index (χ3n) is 3.56. The minimum Gasteiger partial charge on any atom is -0.495 e. The van der Waals surface area contributed by atoms with E-state index in [0.717, 1.165) is 37.2 Å². The van der Waals surface area contributed by atoms with Crippen LogP contribution in [0.2, 0.25) is 5.02 Å². The smallest absolute Gasteiger partial charge is 0.167 e. The summed E-state index contributed by atoms with van der Waals surface area (Å²) in [6, 6.07) is 1.74. The molecule has 2 rings (SSSR count). The molecule has 19 heavy (non-hydrogen) atoms. The van der Waals surface area contributed by atoms with E-state index in [2.05, 4.69) is 5.32 Å². The van der Waals surface area contributed by atoms with Gasteiger partial charge in [-0.15, -0.1) is 0 Å². The Bertz CT molecular complexity index is 445. The molecule has 1 aliphatic rings. The number of methoxy groups -OCH3 is 3. The summed E-state index contributed by atoms with van der Waals surface area (Å²) in [5, 5.41) is 3.92. The Kier molecular flexibility index (Phi) is 4.77. The van der Waals surface area contributed by atoms with Gasteiger partial charge in [-0.3, -0.25) is 0 Å². The maximum absolute atomic E-state index is 6.29. The number of piperidine rings is 1. The van der Waals surface area contributed by atoms with Gasteiger partial charge in [0.2, 0.25) is 0 Å². The quantitative estimate of drug-likeness (QED) is 0.923. The first-order chi connectivity index (χ1) is 9.22. The zero-order valence-electron chi connectivity index (χ0n) is 11.6. The summed E-state index contributed by atoms with van der Waals surface area (Å²) in [6.45, 7) is 1.98. The van der Waals surface area contributed by atoms with Gasteiger partial charge in [-0.1, -0.05) is 11.6 Å². The highest BCUT2D eigenvalue weighted by molar-refractivity contribution is 6.32. The van der Waals surface area contributed by atoms with Crippen molar-refractivity contribution in [1.82, 2.24) is 5.32 Å². The zero-order valence-corrected chi connectivity index (χ0v) is 12.3. The second kappa shape index (κ2) is 6.35. The normalized spacial score (nSPS) is 16.2. The molecule has 106 valence electrons. The van der Waals surface area contributed by atoms with Crippen molar-refractivity contribution in [3.05, 3.63) is 16.7 Å². The molecule has 1 aromatic rings. The molecule has 0 saturated carbocycles. The molecule has 1 saturated heterocycles. The topological polar surface area (TPSA) is 39.7 Å². The maximum atomic E-state index is 6.29. The van der Waals surface area contributed by atoms with Crippen molar-refractivity contribution in [1.29, 1.82) is 0 Å². The molecule has 0 spiro atoms. The van der Waals surface area contributed by atoms with E-state index in [0.29, 0.717) is 22.4 Å². The molecule has 1 N–H and O–H groups in total. The van der Waals surface area contributed by atoms with Gasteiger partial charge >= 0.3 is 0 Å². The lowest BCUT2D eigenvalue weighted by molar-refractivity contribution is 0.333. The molecule has 1 aromatic carbocycles. The monoisotopic (exact) mass is 285 g/mol. The summed E-state index contributed by atoms with van der Waals surface area (Å²) < 4.78 is 16.4. The second-order valence-electron chi connectivity index (χ2n) is 4.57. The molecule has 0 radical (unpaired) electrons. The average Bonchev–Trinajstić information content (AvgIpc) is 2.46. The average molecular weight is 286 g/mol. The van der Waals surface area contributed by atoms with Gasteiger partial charge in [0, 0.05) is 11.6 Å². The lowest BCUT2D eigenvalue weighted by Crippen LogP contribution is -2.27. The highest BCUT2D eigenvalue weighted by atomic mass is 35.5. The van der Waals surface area contributed by atoms with Crippen molar-refractivity contribution in [3.63, 3.8) is 0 Å². The zero-order chi connectivity index (χ0) is 13.8. The molecule has 1 heterocycles. The van der Waals surface area contributed by atoms with Crippen LogP contribution in [0.25, 0.3) is 0 Å². The van der Waals surface area contributed by atoms with E-state index >= 15 is 0 Å². The maximum Gasteiger partial charge on any atom is 0.167 e. The van der Waals surface area contributed by atoms with E-state index in [1.807, 2.05) is 0 Å². The van der Waals surface area contributed by atoms with Gasteiger partial charge in [0.15, 0.2) is 11.5 Å². The standard InChI is InChI=1S/C14H20ClNO3/c1-17-11-8-10(15)13(18-2)12(14(11)19-3)9-4-6-16-7-5-9/h8-9,16H,4-7H2,1-3H3. The number of hydrogen-bond donors (Lipinski definition) is 1. The van der Waals surface area contributed by atoms with Gasteiger partial charge < -0.3 is 19.5 Å². The van der Waals surface area contributed by atoms with E-state index < -0.39 is 0 Å². The van der Waals surface area contributed by atoms with Gasteiger partial charge in [-0.2, -0.15) is 0 Å². The van der Waals surface area contributed by atoms with Crippen molar-refractivity contribution in [2.75, 3.05) is 34.4 Å². The molecule has 0 atom stereocenters. The molecule has 0 aromatic heterocycles. The van der Waals surface area contributed by atoms with Crippen LogP contribution in [0.4, 0.5) is 0 Å². The predicted octanol–water partition coefficient (Wildman–Crippen LogP) is 2.83. The fourth-order valence-electron chi connectivity index (χ4n) is 2.66. The number of nitrogens with one attached hydrogen (secondary N) is 1. The summed E-state index contributed by atoms with van der Waals surface area (Å²) in [5.41, 5.74) is 1.02. The van der Waals surface area contributed by atoms with Crippen LogP contribution in [-0.2, 0) is 0 Å². The van der Waals surface area contributed by atoms with Crippen molar-refractivity contribution in [2.24, 2.45) is 0 Å². The Labute approximate surface area is 119 Å². The Morgan fingerprint density at radius 2 is 1.68 bits per heavy atom. The minimum atomic E-state index is 0.374. The number of rotatable bonds is 4. The van der Waals surface area contributed by atoms with E-state index in [9.17, 15) is 0 Å². The molecule has 0 unspecified atom stereocenters. The van der Waals surface area contributed by atoms with Crippen molar-refractivity contribution in [3.8, 4) is 17.2 Å². The first-order valence-electron chi connectivity index (χ1n) is 6.42. The van der Waals surface area contributed by atoms with Gasteiger partial charge in [0.25, 0.3) is 0 Å². The van der Waals surface area contributed by atoms with Gasteiger partial charge in [-0.05, 0) is 31.8 Å². The minimum absolute atomic E-state index is 0.374. The molecule has 4 nitrogen and oxygen atoms in total. The van der Waals surface area contributed by atoms with Crippen LogP contribution in [0.5, 0.6) is 17.2 Å². The summed E-state index contributed by atoms with van der Waals surface area (Å²) >= 11 is 6.29. The van der Waals surface area contributed by atoms with E-state index in [-0.39, 0.29) is 0 Å². The SMILES string of the molecule is COc1cc(Cl)c(OC)c(C2CCNCC2)c1OC. The van der Waals surface area contributed by atoms with Crippen LogP contribution in [-0.4, -0.2) is 34.4 Å². The van der Waals surface area contributed by atoms with E-state index in [1.165, 1.54) is 0 Å². The van der Waals surface area contributed by atoms with Crippen LogP contribution in [0.1, 0.15) is 24.3 Å². The Hall–Kier alpha value is -1.13. The molecule has 1 fully saturated rings. The second-order valence-corrected chi connectivity index (χ2v) is 4.97. The van der Waals surface area contributed by atoms with Gasteiger partial charge in [0.05, 0.1) is 26.4 Å². The lowest BCUT2D eigenvalue weighted by Gasteiger charge is -2.27. The van der Waals surface area contributed by atoms with Crippen LogP contribution in [0.3, 0.4) is 0 Å². The fourth-order valence-corrected chi connectivity index (χ4v) is 2.94. The van der Waals surface area contributed by atoms with Crippen molar-refractivity contribution in [2.45, 2.75) is 18.8 Å². The molecule has 1 aliphatic heterocycles. The molecule has 0 bridgehead atoms. The van der Waals surface area contributed by atoms with Gasteiger partial charge in [-0.25, -0.2) is 0 Å². The molecular weight excluding hydrogens is 266 g/mol. The Balaban J connectivity index is 2.55. The van der Waals surface area contributed by atoms with Crippen LogP contribution in [0, 0.1) is 0 Å². The van der Waals surface area contributed by atoms with Crippen LogP contribution >= 0.6 is 11.6 Å². The largest absolute Gasteiger partial charge is 0.495 e. The molecule has 0 aliphatic carbocycles. The third kappa shape index (κ3) is 2.74. The van der Waals surface area contributed by atoms with Crippen molar-refractivity contribution < 1.29 is 14.2 Å². The summed E-state index contributed by atoms with van der Waals surface area (Å²) in [7, 11) is 4.90. The van der Waals surface area contributed by atoms with Crippen LogP contribution in [0.15, 0.2) is 6.07 Å². The lowest BCUT2D eigenvalue weighted by atomic mass is 9.88. The Morgan fingerprint density at radius 1 is 1.05 bits per heavy atom. The van der Waals surface area contributed by atoms with E-state index in [4.69, 9.17) is 25.8 Å². The molecular formula is C14H20ClNO3. The highest BCUT2D eigenvalue weighted by Crippen LogP contribution is 2.48. The first-order valence-corrected chi connectivity index (χ1v) is 6.79. The summed E-state index contributed by atoms with van der Waals surface area (Å²) in [5.74, 6) is 2.46. The molecule has 5 heteroatoms. The predicted molar refractivity (Wildman–Crippen MR) is 76.0 cm³/mol. The van der Waals surface area contributed by atoms with Crippen LogP contribution < -0.4 is 19.5 Å². The summed E-state index contributed by atoms with van der Waals surface area (Å²) in [6.07, 6.45) is 2.08. The fraction of sp³-hybridized carbons (Fsp3) is 0.571. The van der Waals surface area contributed by atoms with Gasteiger partial charge in [0.1, 0.15) is 5.75 Å². The number of halogens is 1. The number of benzene rings is 1. The highest BCUT2D eigenvalue weighted by Gasteiger charge is 2.27. The summed E-state index contributed by atoms with van der Waals surface area (Å²) in [4.78, 5) is 0. The Morgan fingerprint density at radius 3 is 2.21 bits per heavy atom. The first kappa shape index (κ1) is 14.3. The molecule has 0 amide bonds.